The minimum atomic E-state index is -0.653. The third-order valence-corrected chi connectivity index (χ3v) is 12.0. The first kappa shape index (κ1) is 71.3. The number of carboxylic acid groups (broad SMARTS) is 3. The summed E-state index contributed by atoms with van der Waals surface area (Å²) in [5.74, 6) is -1.96. The smallest absolute Gasteiger partial charge is 0.303 e. The Kier molecular flexibility index (Phi) is 79.5. The van der Waals surface area contributed by atoms with Gasteiger partial charge in [0.05, 0.1) is 0 Å². The van der Waals surface area contributed by atoms with E-state index in [2.05, 4.69) is 20.8 Å². The van der Waals surface area contributed by atoms with E-state index in [1.807, 2.05) is 0 Å². The molecule has 63 heavy (non-hydrogen) atoms. The Bertz CT molecular complexity index is 720. The van der Waals surface area contributed by atoms with Gasteiger partial charge in [-0.05, 0) is 19.3 Å². The first-order valence-electron chi connectivity index (χ1n) is 27.4. The van der Waals surface area contributed by atoms with E-state index >= 15 is 0 Å². The predicted octanol–water partition coefficient (Wildman–Crippen LogP) is 18.6. The summed E-state index contributed by atoms with van der Waals surface area (Å²) in [5.41, 5.74) is 0. The van der Waals surface area contributed by atoms with Crippen LogP contribution in [0.4, 0.5) is 0 Å². The normalized spacial score (nSPS) is 10.4. The molecule has 0 aliphatic rings. The van der Waals surface area contributed by atoms with Crippen molar-refractivity contribution in [2.75, 3.05) is 7.11 Å². The van der Waals surface area contributed by atoms with Gasteiger partial charge in [-0.3, -0.25) is 14.4 Å². The number of carbonyl (C=O) groups is 3. The van der Waals surface area contributed by atoms with E-state index < -0.39 is 17.9 Å². The van der Waals surface area contributed by atoms with Gasteiger partial charge in [0.25, 0.3) is 0 Å². The molecule has 0 aromatic rings. The molecular weight excluding hydrogens is 864 g/mol. The maximum Gasteiger partial charge on any atom is 0.303 e. The predicted molar refractivity (Wildman–Crippen MR) is 270 cm³/mol. The minimum absolute atomic E-state index is 0. The van der Waals surface area contributed by atoms with Crippen LogP contribution in [0.3, 0.4) is 0 Å². The quantitative estimate of drug-likeness (QED) is 0.0447. The fourth-order valence-corrected chi connectivity index (χ4v) is 7.94. The van der Waals surface area contributed by atoms with Gasteiger partial charge in [0.2, 0.25) is 0 Å². The van der Waals surface area contributed by atoms with E-state index in [0.29, 0.717) is 19.3 Å². The van der Waals surface area contributed by atoms with Crippen molar-refractivity contribution in [2.45, 2.75) is 329 Å². The number of rotatable bonds is 48. The van der Waals surface area contributed by atoms with Crippen molar-refractivity contribution in [1.82, 2.24) is 0 Å². The largest absolute Gasteiger partial charge is 0.481 e. The van der Waals surface area contributed by atoms with Crippen molar-refractivity contribution >= 4 is 17.9 Å². The van der Waals surface area contributed by atoms with E-state index in [1.54, 1.807) is 0 Å². The van der Waals surface area contributed by atoms with Gasteiger partial charge in [0, 0.05) is 52.6 Å². The molecule has 8 heteroatoms. The van der Waals surface area contributed by atoms with Crippen LogP contribution in [0.25, 0.3) is 0 Å². The summed E-state index contributed by atoms with van der Waals surface area (Å²) in [6.07, 6.45) is 60.6. The summed E-state index contributed by atoms with van der Waals surface area (Å²) in [5, 5.41) is 32.6. The first-order valence-corrected chi connectivity index (χ1v) is 27.4. The molecule has 0 heterocycles. The average molecular weight is 977 g/mol. The molecule has 0 bridgehead atoms. The van der Waals surface area contributed by atoms with Crippen molar-refractivity contribution in [2.24, 2.45) is 0 Å². The summed E-state index contributed by atoms with van der Waals surface area (Å²) >= 11 is 0. The van der Waals surface area contributed by atoms with E-state index in [-0.39, 0.29) is 26.2 Å². The van der Waals surface area contributed by atoms with E-state index in [0.717, 1.165) is 45.6 Å². The molecule has 0 atom stereocenters. The van der Waals surface area contributed by atoms with Crippen molar-refractivity contribution < 1.29 is 61.0 Å². The molecule has 0 aromatic carbocycles. The van der Waals surface area contributed by atoms with Gasteiger partial charge in [-0.15, -0.1) is 0 Å². The Morgan fingerprint density at radius 1 is 0.222 bits per heavy atom. The molecule has 378 valence electrons. The van der Waals surface area contributed by atoms with Gasteiger partial charge in [0.1, 0.15) is 0 Å². The van der Waals surface area contributed by atoms with Crippen molar-refractivity contribution in [3.8, 4) is 0 Å². The SMILES string of the molecule is CCCCCCCCCCCCCCCCCC(=O)O.CCCCCCCCCCCCCCCCCC(=O)O.CCCCCCCCCCCCCCCCCC(=O)O.CO.[Zr]. The number of aliphatic hydroxyl groups excluding tert-OH is 1. The molecule has 7 nitrogen and oxygen atoms in total. The van der Waals surface area contributed by atoms with Gasteiger partial charge in [-0.2, -0.15) is 0 Å². The molecule has 0 amide bonds. The second-order valence-electron chi connectivity index (χ2n) is 18.3. The number of aliphatic hydroxyl groups is 1. The van der Waals surface area contributed by atoms with Crippen molar-refractivity contribution in [3.63, 3.8) is 0 Å². The van der Waals surface area contributed by atoms with E-state index in [9.17, 15) is 14.4 Å². The van der Waals surface area contributed by atoms with Gasteiger partial charge >= 0.3 is 17.9 Å². The third-order valence-electron chi connectivity index (χ3n) is 12.0. The van der Waals surface area contributed by atoms with Gasteiger partial charge in [-0.1, -0.05) is 290 Å². The average Bonchev–Trinajstić information content (AvgIpc) is 3.26. The van der Waals surface area contributed by atoms with Gasteiger partial charge < -0.3 is 20.4 Å². The van der Waals surface area contributed by atoms with Crippen LogP contribution in [-0.4, -0.2) is 45.4 Å². The maximum atomic E-state index is 10.3. The summed E-state index contributed by atoms with van der Waals surface area (Å²) in [6, 6.07) is 0. The standard InChI is InChI=1S/3C18H36O2.CH4O.Zr/c3*1-2-3-4-5-6-7-8-9-10-11-12-13-14-15-16-17-18(19)20;1-2;/h3*2-17H2,1H3,(H,19,20);2H,1H3;. The third kappa shape index (κ3) is 85.2. The first-order chi connectivity index (χ1) is 30.3. The number of carboxylic acids is 3. The van der Waals surface area contributed by atoms with Crippen LogP contribution in [0.1, 0.15) is 329 Å². The Morgan fingerprint density at radius 3 is 0.413 bits per heavy atom. The fraction of sp³-hybridized carbons (Fsp3) is 0.945. The van der Waals surface area contributed by atoms with Crippen LogP contribution in [-0.2, 0) is 40.6 Å². The Morgan fingerprint density at radius 2 is 0.317 bits per heavy atom. The number of unbranched alkanes of at least 4 members (excludes halogenated alkanes) is 42. The van der Waals surface area contributed by atoms with Gasteiger partial charge in [-0.25, -0.2) is 0 Å². The Hall–Kier alpha value is -0.747. The van der Waals surface area contributed by atoms with Crippen LogP contribution in [0.5, 0.6) is 0 Å². The molecule has 0 aromatic heterocycles. The van der Waals surface area contributed by atoms with Gasteiger partial charge in [0.15, 0.2) is 0 Å². The molecule has 0 fully saturated rings. The fourth-order valence-electron chi connectivity index (χ4n) is 7.94. The molecule has 0 unspecified atom stereocenters. The number of hydrogen-bond acceptors (Lipinski definition) is 4. The van der Waals surface area contributed by atoms with Crippen LogP contribution >= 0.6 is 0 Å². The molecule has 0 aliphatic heterocycles. The topological polar surface area (TPSA) is 132 Å². The molecule has 4 N–H and O–H groups in total. The number of aliphatic carboxylic acids is 3. The molecule has 0 spiro atoms. The van der Waals surface area contributed by atoms with Crippen LogP contribution in [0.2, 0.25) is 0 Å². The maximum absolute atomic E-state index is 10.3. The second kappa shape index (κ2) is 70.3. The molecule has 0 rings (SSSR count). The summed E-state index contributed by atoms with van der Waals surface area (Å²) in [7, 11) is 1.00. The van der Waals surface area contributed by atoms with E-state index in [1.165, 1.54) is 250 Å². The Labute approximate surface area is 412 Å². The van der Waals surface area contributed by atoms with Crippen LogP contribution < -0.4 is 0 Å². The molecular formula is C55H112O7Zr. The summed E-state index contributed by atoms with van der Waals surface area (Å²) in [6.45, 7) is 6.81. The zero-order valence-corrected chi connectivity index (χ0v) is 45.4. The van der Waals surface area contributed by atoms with Crippen LogP contribution in [0, 0.1) is 0 Å². The molecule has 0 radical (unpaired) electrons. The minimum Gasteiger partial charge on any atom is -0.481 e. The Balaban J connectivity index is -0.000000259. The molecule has 0 saturated heterocycles. The molecule has 0 aliphatic carbocycles. The monoisotopic (exact) mass is 975 g/mol. The zero-order valence-electron chi connectivity index (χ0n) is 43.0. The second-order valence-corrected chi connectivity index (χ2v) is 18.3. The number of hydrogen-bond donors (Lipinski definition) is 4. The zero-order chi connectivity index (χ0) is 46.7. The van der Waals surface area contributed by atoms with Crippen LogP contribution in [0.15, 0.2) is 0 Å². The van der Waals surface area contributed by atoms with E-state index in [4.69, 9.17) is 20.4 Å². The molecule has 0 saturated carbocycles. The van der Waals surface area contributed by atoms with Crippen molar-refractivity contribution in [1.29, 1.82) is 0 Å². The summed E-state index contributed by atoms with van der Waals surface area (Å²) in [4.78, 5) is 31.0. The summed E-state index contributed by atoms with van der Waals surface area (Å²) < 4.78 is 0. The van der Waals surface area contributed by atoms with Crippen molar-refractivity contribution in [3.05, 3.63) is 0 Å².